The molecule has 0 bridgehead atoms. The molecule has 16 heteroatoms. The second-order valence-corrected chi connectivity index (χ2v) is 12.3. The van der Waals surface area contributed by atoms with Crippen molar-refractivity contribution < 1.29 is 42.5 Å². The molecule has 4 N–H and O–H groups in total. The summed E-state index contributed by atoms with van der Waals surface area (Å²) < 4.78 is 42.7. The molecule has 0 radical (unpaired) electrons. The molecule has 1 aromatic heterocycles. The van der Waals surface area contributed by atoms with Crippen molar-refractivity contribution in [3.05, 3.63) is 53.1 Å². The summed E-state index contributed by atoms with van der Waals surface area (Å²) in [5.74, 6) is -2.18. The van der Waals surface area contributed by atoms with E-state index < -0.39 is 73.6 Å². The van der Waals surface area contributed by atoms with E-state index in [1.165, 1.54) is 25.1 Å². The molecular weight excluding hydrogens is 585 g/mol. The summed E-state index contributed by atoms with van der Waals surface area (Å²) >= 11 is 0. The number of benzene rings is 1. The molecule has 43 heavy (non-hydrogen) atoms. The van der Waals surface area contributed by atoms with Crippen molar-refractivity contribution in [3.63, 3.8) is 0 Å². The van der Waals surface area contributed by atoms with Gasteiger partial charge in [0.1, 0.15) is 29.8 Å². The van der Waals surface area contributed by atoms with Gasteiger partial charge in [-0.2, -0.15) is 15.3 Å². The number of anilines is 1. The average molecular weight is 622 g/mol. The van der Waals surface area contributed by atoms with Crippen LogP contribution in [0, 0.1) is 17.2 Å². The van der Waals surface area contributed by atoms with Crippen LogP contribution in [0.1, 0.15) is 41.5 Å². The van der Waals surface area contributed by atoms with Gasteiger partial charge in [0.05, 0.1) is 18.6 Å². The number of rotatable bonds is 12. The highest BCUT2D eigenvalue weighted by Crippen LogP contribution is 2.49. The molecule has 3 rings (SSSR count). The first kappa shape index (κ1) is 33.7. The Hall–Kier alpha value is -3.80. The molecular formula is C27H36N5O10P. The molecule has 1 aromatic carbocycles. The molecule has 1 fully saturated rings. The monoisotopic (exact) mass is 621 g/mol. The number of aromatic nitrogens is 2. The van der Waals surface area contributed by atoms with Crippen LogP contribution in [0.5, 0.6) is 5.75 Å². The van der Waals surface area contributed by atoms with Gasteiger partial charge in [0.25, 0.3) is 5.72 Å². The lowest BCUT2D eigenvalue weighted by Crippen LogP contribution is -2.58. The molecule has 234 valence electrons. The van der Waals surface area contributed by atoms with E-state index >= 15 is 0 Å². The van der Waals surface area contributed by atoms with Crippen LogP contribution in [0.3, 0.4) is 0 Å². The second-order valence-electron chi connectivity index (χ2n) is 10.6. The van der Waals surface area contributed by atoms with Crippen molar-refractivity contribution >= 4 is 25.5 Å². The lowest BCUT2D eigenvalue weighted by atomic mass is 9.88. The fourth-order valence-electron chi connectivity index (χ4n) is 4.18. The number of hydrogen-bond acceptors (Lipinski definition) is 13. The van der Waals surface area contributed by atoms with Gasteiger partial charge in [0, 0.05) is 6.20 Å². The molecule has 0 aliphatic carbocycles. The van der Waals surface area contributed by atoms with Crippen LogP contribution in [0.25, 0.3) is 0 Å². The quantitative estimate of drug-likeness (QED) is 0.228. The number of nitrogen functional groups attached to an aromatic ring is 1. The largest absolute Gasteiger partial charge is 0.462 e. The number of nitrogens with one attached hydrogen (secondary N) is 1. The third-order valence-electron chi connectivity index (χ3n) is 6.36. The van der Waals surface area contributed by atoms with E-state index in [4.69, 9.17) is 29.0 Å². The highest BCUT2D eigenvalue weighted by molar-refractivity contribution is 7.52. The van der Waals surface area contributed by atoms with Crippen molar-refractivity contribution in [3.8, 4) is 11.8 Å². The summed E-state index contributed by atoms with van der Waals surface area (Å²) in [7, 11) is -4.44. The highest BCUT2D eigenvalue weighted by Gasteiger charge is 2.67. The molecule has 1 saturated heterocycles. The predicted molar refractivity (Wildman–Crippen MR) is 151 cm³/mol. The zero-order valence-electron chi connectivity index (χ0n) is 24.6. The maximum absolute atomic E-state index is 14.0. The van der Waals surface area contributed by atoms with E-state index in [1.807, 2.05) is 0 Å². The van der Waals surface area contributed by atoms with Gasteiger partial charge in [0.15, 0.2) is 11.7 Å². The third-order valence-corrected chi connectivity index (χ3v) is 8.01. The topological polar surface area (TPSA) is 214 Å². The van der Waals surface area contributed by atoms with Gasteiger partial charge in [-0.05, 0) is 45.9 Å². The average Bonchev–Trinajstić information content (AvgIpc) is 3.13. The van der Waals surface area contributed by atoms with Crippen molar-refractivity contribution in [2.24, 2.45) is 5.92 Å². The molecule has 1 aliphatic rings. The maximum atomic E-state index is 14.0. The summed E-state index contributed by atoms with van der Waals surface area (Å²) in [6.45, 7) is 8.20. The number of nitrogens with two attached hydrogens (primary N) is 1. The van der Waals surface area contributed by atoms with Gasteiger partial charge >= 0.3 is 25.4 Å². The fourth-order valence-corrected chi connectivity index (χ4v) is 5.69. The smallest absolute Gasteiger partial charge is 0.459 e. The molecule has 0 spiro atoms. The Labute approximate surface area is 248 Å². The van der Waals surface area contributed by atoms with Crippen LogP contribution in [0.4, 0.5) is 5.82 Å². The Morgan fingerprint density at radius 3 is 2.42 bits per heavy atom. The van der Waals surface area contributed by atoms with Gasteiger partial charge in [-0.15, -0.1) is 0 Å². The number of esters is 2. The zero-order chi connectivity index (χ0) is 32.2. The Balaban J connectivity index is 2.01. The van der Waals surface area contributed by atoms with Crippen molar-refractivity contribution in [2.45, 2.75) is 77.2 Å². The summed E-state index contributed by atoms with van der Waals surface area (Å²) in [6.07, 6.45) is -2.47. The fraction of sp³-hybridized carbons (Fsp3) is 0.519. The Morgan fingerprint density at radius 1 is 1.21 bits per heavy atom. The molecule has 1 unspecified atom stereocenters. The Morgan fingerprint density at radius 2 is 1.86 bits per heavy atom. The van der Waals surface area contributed by atoms with Crippen molar-refractivity contribution in [1.82, 2.24) is 14.6 Å². The Bertz CT molecular complexity index is 1460. The van der Waals surface area contributed by atoms with Crippen LogP contribution in [-0.4, -0.2) is 63.2 Å². The van der Waals surface area contributed by atoms with Gasteiger partial charge in [-0.1, -0.05) is 32.0 Å². The molecule has 2 heterocycles. The van der Waals surface area contributed by atoms with Gasteiger partial charge in [-0.25, -0.2) is 9.36 Å². The number of para-hydroxylation sites is 1. The maximum Gasteiger partial charge on any atom is 0.459 e. The lowest BCUT2D eigenvalue weighted by molar-refractivity contribution is -0.173. The normalized spacial score (nSPS) is 25.5. The third kappa shape index (κ3) is 7.41. The van der Waals surface area contributed by atoms with E-state index in [0.717, 1.165) is 13.1 Å². The van der Waals surface area contributed by atoms with Crippen LogP contribution < -0.4 is 21.0 Å². The number of carbonyl (C=O) groups is 2. The molecule has 15 nitrogen and oxygen atoms in total. The van der Waals surface area contributed by atoms with E-state index in [-0.39, 0.29) is 11.6 Å². The van der Waals surface area contributed by atoms with Crippen LogP contribution >= 0.6 is 7.75 Å². The predicted octanol–water partition coefficient (Wildman–Crippen LogP) is 1.85. The van der Waals surface area contributed by atoms with Crippen molar-refractivity contribution in [2.75, 3.05) is 12.3 Å². The first-order chi connectivity index (χ1) is 20.0. The minimum atomic E-state index is -4.44. The molecule has 0 saturated carbocycles. The van der Waals surface area contributed by atoms with E-state index in [1.54, 1.807) is 52.0 Å². The summed E-state index contributed by atoms with van der Waals surface area (Å²) in [5.41, 5.74) is -0.313. The van der Waals surface area contributed by atoms with E-state index in [9.17, 15) is 29.3 Å². The minimum absolute atomic E-state index is 0.121. The first-order valence-corrected chi connectivity index (χ1v) is 14.9. The zero-order valence-corrected chi connectivity index (χ0v) is 25.5. The number of hydrogen-bond donors (Lipinski definition) is 3. The second kappa shape index (κ2) is 13.2. The minimum Gasteiger partial charge on any atom is -0.462 e. The van der Waals surface area contributed by atoms with Crippen LogP contribution in [0.15, 0.2) is 47.4 Å². The molecule has 6 atom stereocenters. The summed E-state index contributed by atoms with van der Waals surface area (Å²) in [5, 5.41) is 24.5. The number of nitrogens with zero attached hydrogens (tertiary/aromatic N) is 3. The molecule has 0 amide bonds. The molecule has 2 aromatic rings. The first-order valence-electron chi connectivity index (χ1n) is 13.4. The Kier molecular flexibility index (Phi) is 10.4. The summed E-state index contributed by atoms with van der Waals surface area (Å²) in [4.78, 5) is 41.5. The van der Waals surface area contributed by atoms with E-state index in [2.05, 4.69) is 10.1 Å². The van der Waals surface area contributed by atoms with Gasteiger partial charge < -0.3 is 29.6 Å². The standard InChI is InChI=1S/C27H36N5O10P/c1-16(2)23(33)40-22-20(41-27(15-28,26(22,6)36)32-13-12-21(29)30-25(32)35)14-38-43(37,42-19-10-8-7-9-11-19)31-18(5)24(34)39-17(3)4/h7-13,16-18,20,22,36H,14H2,1-6H3,(H,31,37)(H2,29,30,35)/t18-,20+,22+,26+,27+,43?/m0/s1. The van der Waals surface area contributed by atoms with E-state index in [0.29, 0.717) is 4.57 Å². The van der Waals surface area contributed by atoms with Crippen LogP contribution in [-0.2, 0) is 38.6 Å². The van der Waals surface area contributed by atoms with Gasteiger partial charge in [-0.3, -0.25) is 18.7 Å². The number of aliphatic hydroxyl groups is 1. The number of ether oxygens (including phenoxy) is 3. The number of carbonyl (C=O) groups excluding carboxylic acids is 2. The number of nitriles is 1. The highest BCUT2D eigenvalue weighted by atomic mass is 31.2. The van der Waals surface area contributed by atoms with Gasteiger partial charge in [0.2, 0.25) is 0 Å². The SMILES string of the molecule is CC(C)OC(=O)[C@H](C)NP(=O)(OC[C@H]1O[C@@](C#N)(n2ccc(N)nc2=O)[C@](C)(O)[C@@H]1OC(=O)C(C)C)Oc1ccccc1. The van der Waals surface area contributed by atoms with Crippen molar-refractivity contribution in [1.29, 1.82) is 5.26 Å². The van der Waals surface area contributed by atoms with Crippen LogP contribution in [0.2, 0.25) is 0 Å². The summed E-state index contributed by atoms with van der Waals surface area (Å²) in [6, 6.07) is 9.78. The molecule has 1 aliphatic heterocycles. The lowest BCUT2D eigenvalue weighted by Gasteiger charge is -2.35.